The highest BCUT2D eigenvalue weighted by molar-refractivity contribution is 5.97. The largest absolute Gasteiger partial charge is 0.292 e. The van der Waals surface area contributed by atoms with Gasteiger partial charge in [0, 0.05) is 12.6 Å². The van der Waals surface area contributed by atoms with Gasteiger partial charge in [-0.25, -0.2) is 0 Å². The van der Waals surface area contributed by atoms with E-state index in [0.717, 1.165) is 17.5 Å². The van der Waals surface area contributed by atoms with Crippen LogP contribution in [0.5, 0.6) is 0 Å². The van der Waals surface area contributed by atoms with Crippen LogP contribution in [0.25, 0.3) is 0 Å². The van der Waals surface area contributed by atoms with Gasteiger partial charge in [0.25, 0.3) is 0 Å². The van der Waals surface area contributed by atoms with Gasteiger partial charge in [-0.05, 0) is 30.5 Å². The molecule has 2 nitrogen and oxygen atoms in total. The van der Waals surface area contributed by atoms with Gasteiger partial charge in [-0.1, -0.05) is 42.8 Å². The minimum absolute atomic E-state index is 0.0938. The number of hydrogen-bond acceptors (Lipinski definition) is 2. The standard InChI is InChI=1S/C16H17NO/c1-3-14-5-4-10-17-16(14)15(18)11-13-8-6-12(2)7-9-13/h4-10H,3,11H2,1-2H3. The molecule has 92 valence electrons. The van der Waals surface area contributed by atoms with E-state index in [2.05, 4.69) is 4.98 Å². The maximum atomic E-state index is 12.2. The SMILES string of the molecule is CCc1cccnc1C(=O)Cc1ccc(C)cc1. The number of benzene rings is 1. The molecule has 0 spiro atoms. The minimum Gasteiger partial charge on any atom is -0.292 e. The number of nitrogens with zero attached hydrogens (tertiary/aromatic N) is 1. The van der Waals surface area contributed by atoms with E-state index < -0.39 is 0 Å². The van der Waals surface area contributed by atoms with E-state index in [1.165, 1.54) is 5.56 Å². The summed E-state index contributed by atoms with van der Waals surface area (Å²) in [6.45, 7) is 4.08. The van der Waals surface area contributed by atoms with Crippen molar-refractivity contribution in [3.63, 3.8) is 0 Å². The van der Waals surface area contributed by atoms with Gasteiger partial charge in [0.05, 0.1) is 0 Å². The van der Waals surface area contributed by atoms with Crippen LogP contribution in [-0.2, 0) is 12.8 Å². The van der Waals surface area contributed by atoms with Crippen LogP contribution in [0.15, 0.2) is 42.6 Å². The third-order valence-corrected chi connectivity index (χ3v) is 3.02. The second kappa shape index (κ2) is 5.58. The molecule has 0 unspecified atom stereocenters. The highest BCUT2D eigenvalue weighted by Gasteiger charge is 2.12. The molecule has 0 saturated carbocycles. The van der Waals surface area contributed by atoms with Crippen molar-refractivity contribution in [2.75, 3.05) is 0 Å². The van der Waals surface area contributed by atoms with Crippen molar-refractivity contribution >= 4 is 5.78 Å². The lowest BCUT2D eigenvalue weighted by atomic mass is 10.0. The highest BCUT2D eigenvalue weighted by Crippen LogP contribution is 2.11. The summed E-state index contributed by atoms with van der Waals surface area (Å²) < 4.78 is 0. The Balaban J connectivity index is 2.19. The van der Waals surface area contributed by atoms with E-state index in [1.54, 1.807) is 6.20 Å². The van der Waals surface area contributed by atoms with Gasteiger partial charge in [-0.3, -0.25) is 9.78 Å². The first-order valence-electron chi connectivity index (χ1n) is 6.23. The zero-order valence-corrected chi connectivity index (χ0v) is 10.8. The molecule has 2 heteroatoms. The Morgan fingerprint density at radius 2 is 1.89 bits per heavy atom. The molecule has 0 fully saturated rings. The van der Waals surface area contributed by atoms with E-state index in [0.29, 0.717) is 12.1 Å². The summed E-state index contributed by atoms with van der Waals surface area (Å²) in [5.74, 6) is 0.0938. The average Bonchev–Trinajstić information content (AvgIpc) is 2.41. The number of pyridine rings is 1. The first kappa shape index (κ1) is 12.5. The second-order valence-electron chi connectivity index (χ2n) is 4.45. The summed E-state index contributed by atoms with van der Waals surface area (Å²) in [6.07, 6.45) is 2.94. The van der Waals surface area contributed by atoms with Gasteiger partial charge in [0.1, 0.15) is 5.69 Å². The Bertz CT molecular complexity index is 543. The van der Waals surface area contributed by atoms with Gasteiger partial charge < -0.3 is 0 Å². The summed E-state index contributed by atoms with van der Waals surface area (Å²) >= 11 is 0. The maximum Gasteiger partial charge on any atom is 0.185 e. The summed E-state index contributed by atoms with van der Waals surface area (Å²) in [7, 11) is 0. The van der Waals surface area contributed by atoms with Crippen LogP contribution in [0, 0.1) is 6.92 Å². The number of aryl methyl sites for hydroxylation is 2. The lowest BCUT2D eigenvalue weighted by Gasteiger charge is -2.05. The molecule has 1 aromatic heterocycles. The predicted molar refractivity (Wildman–Crippen MR) is 72.8 cm³/mol. The normalized spacial score (nSPS) is 10.3. The quantitative estimate of drug-likeness (QED) is 0.766. The van der Waals surface area contributed by atoms with Crippen LogP contribution in [0.2, 0.25) is 0 Å². The average molecular weight is 239 g/mol. The Hall–Kier alpha value is -1.96. The fourth-order valence-electron chi connectivity index (χ4n) is 1.95. The molecule has 1 aromatic carbocycles. The second-order valence-corrected chi connectivity index (χ2v) is 4.45. The van der Waals surface area contributed by atoms with Crippen molar-refractivity contribution < 1.29 is 4.79 Å². The summed E-state index contributed by atoms with van der Waals surface area (Å²) in [4.78, 5) is 16.4. The number of ketones is 1. The molecule has 0 aliphatic heterocycles. The van der Waals surface area contributed by atoms with E-state index in [9.17, 15) is 4.79 Å². The van der Waals surface area contributed by atoms with Crippen molar-refractivity contribution in [2.45, 2.75) is 26.7 Å². The van der Waals surface area contributed by atoms with E-state index >= 15 is 0 Å². The molecule has 2 rings (SSSR count). The van der Waals surface area contributed by atoms with Crippen LogP contribution in [0.1, 0.15) is 34.1 Å². The number of rotatable bonds is 4. The Labute approximate surface area is 108 Å². The molecule has 0 N–H and O–H groups in total. The summed E-state index contributed by atoms with van der Waals surface area (Å²) in [5.41, 5.74) is 3.88. The lowest BCUT2D eigenvalue weighted by Crippen LogP contribution is -2.09. The van der Waals surface area contributed by atoms with Gasteiger partial charge in [0.15, 0.2) is 5.78 Å². The van der Waals surface area contributed by atoms with Gasteiger partial charge in [0.2, 0.25) is 0 Å². The van der Waals surface area contributed by atoms with Crippen LogP contribution < -0.4 is 0 Å². The molecule has 0 saturated heterocycles. The molecule has 0 aliphatic rings. The maximum absolute atomic E-state index is 12.2. The van der Waals surface area contributed by atoms with Gasteiger partial charge in [-0.15, -0.1) is 0 Å². The highest BCUT2D eigenvalue weighted by atomic mass is 16.1. The van der Waals surface area contributed by atoms with E-state index in [4.69, 9.17) is 0 Å². The van der Waals surface area contributed by atoms with Crippen molar-refractivity contribution in [3.8, 4) is 0 Å². The minimum atomic E-state index is 0.0938. The van der Waals surface area contributed by atoms with Crippen LogP contribution in [0.4, 0.5) is 0 Å². The zero-order chi connectivity index (χ0) is 13.0. The summed E-state index contributed by atoms with van der Waals surface area (Å²) in [6, 6.07) is 11.9. The van der Waals surface area contributed by atoms with E-state index in [1.807, 2.05) is 50.2 Å². The van der Waals surface area contributed by atoms with Crippen molar-refractivity contribution in [2.24, 2.45) is 0 Å². The fourth-order valence-corrected chi connectivity index (χ4v) is 1.95. The topological polar surface area (TPSA) is 30.0 Å². The first-order valence-corrected chi connectivity index (χ1v) is 6.23. The van der Waals surface area contributed by atoms with Gasteiger partial charge in [-0.2, -0.15) is 0 Å². The third kappa shape index (κ3) is 2.83. The Morgan fingerprint density at radius 1 is 1.17 bits per heavy atom. The molecule has 0 radical (unpaired) electrons. The van der Waals surface area contributed by atoms with Crippen molar-refractivity contribution in [1.82, 2.24) is 4.98 Å². The molecule has 0 atom stereocenters. The molecule has 2 aromatic rings. The van der Waals surface area contributed by atoms with Crippen LogP contribution >= 0.6 is 0 Å². The van der Waals surface area contributed by atoms with Crippen molar-refractivity contribution in [3.05, 3.63) is 65.0 Å². The Kier molecular flexibility index (Phi) is 3.88. The number of Topliss-reactive ketones (excluding diaryl/α,β-unsaturated/α-hetero) is 1. The Morgan fingerprint density at radius 3 is 2.56 bits per heavy atom. The number of aromatic nitrogens is 1. The fraction of sp³-hybridized carbons (Fsp3) is 0.250. The van der Waals surface area contributed by atoms with Crippen molar-refractivity contribution in [1.29, 1.82) is 0 Å². The lowest BCUT2D eigenvalue weighted by molar-refractivity contribution is 0.0987. The number of hydrogen-bond donors (Lipinski definition) is 0. The van der Waals surface area contributed by atoms with E-state index in [-0.39, 0.29) is 5.78 Å². The molecule has 0 aliphatic carbocycles. The first-order chi connectivity index (χ1) is 8.70. The van der Waals surface area contributed by atoms with Crippen LogP contribution in [0.3, 0.4) is 0 Å². The summed E-state index contributed by atoms with van der Waals surface area (Å²) in [5, 5.41) is 0. The zero-order valence-electron chi connectivity index (χ0n) is 10.8. The third-order valence-electron chi connectivity index (χ3n) is 3.02. The number of carbonyl (C=O) groups excluding carboxylic acids is 1. The molecule has 1 heterocycles. The predicted octanol–water partition coefficient (Wildman–Crippen LogP) is 3.38. The van der Waals surface area contributed by atoms with Crippen LogP contribution in [-0.4, -0.2) is 10.8 Å². The molecule has 18 heavy (non-hydrogen) atoms. The molecule has 0 bridgehead atoms. The monoisotopic (exact) mass is 239 g/mol. The smallest absolute Gasteiger partial charge is 0.185 e. The molecular weight excluding hydrogens is 222 g/mol. The molecule has 0 amide bonds. The number of carbonyl (C=O) groups is 1. The van der Waals surface area contributed by atoms with Gasteiger partial charge >= 0.3 is 0 Å². The molecular formula is C16H17NO.